The van der Waals surface area contributed by atoms with Crippen LogP contribution in [0.1, 0.15) is 19.3 Å². The topological polar surface area (TPSA) is 84.9 Å². The fourth-order valence-electron chi connectivity index (χ4n) is 3.09. The van der Waals surface area contributed by atoms with Crippen LogP contribution in [0.25, 0.3) is 11.1 Å². The third-order valence-electron chi connectivity index (χ3n) is 4.60. The molecule has 2 aromatic rings. The second-order valence-electron chi connectivity index (χ2n) is 6.38. The van der Waals surface area contributed by atoms with Gasteiger partial charge in [-0.3, -0.25) is 19.3 Å². The predicted molar refractivity (Wildman–Crippen MR) is 104 cm³/mol. The molecule has 1 aliphatic rings. The lowest BCUT2D eigenvalue weighted by atomic mass is 10.0. The molecule has 2 aromatic carbocycles. The van der Waals surface area contributed by atoms with Gasteiger partial charge in [-0.05, 0) is 35.9 Å². The number of ether oxygens (including phenoxy) is 2. The van der Waals surface area contributed by atoms with E-state index < -0.39 is 0 Å². The Balaban J connectivity index is 1.70. The minimum atomic E-state index is -0.265. The lowest BCUT2D eigenvalue weighted by Crippen LogP contribution is -2.32. The molecule has 0 bridgehead atoms. The molecule has 28 heavy (non-hydrogen) atoms. The van der Waals surface area contributed by atoms with Crippen LogP contribution in [0, 0.1) is 0 Å². The molecule has 0 spiro atoms. The number of methoxy groups -OCH3 is 2. The van der Waals surface area contributed by atoms with Crippen molar-refractivity contribution in [2.24, 2.45) is 0 Å². The van der Waals surface area contributed by atoms with Crippen LogP contribution in [0.5, 0.6) is 11.5 Å². The van der Waals surface area contributed by atoms with E-state index in [9.17, 15) is 14.4 Å². The molecule has 7 heteroatoms. The van der Waals surface area contributed by atoms with Crippen molar-refractivity contribution in [2.75, 3.05) is 26.1 Å². The third-order valence-corrected chi connectivity index (χ3v) is 4.60. The summed E-state index contributed by atoms with van der Waals surface area (Å²) < 4.78 is 10.6. The minimum Gasteiger partial charge on any atom is -0.497 e. The second-order valence-corrected chi connectivity index (χ2v) is 6.38. The van der Waals surface area contributed by atoms with E-state index in [-0.39, 0.29) is 43.5 Å². The van der Waals surface area contributed by atoms with Crippen LogP contribution in [-0.2, 0) is 14.4 Å². The molecule has 1 aliphatic heterocycles. The van der Waals surface area contributed by atoms with Gasteiger partial charge in [-0.25, -0.2) is 0 Å². The van der Waals surface area contributed by atoms with Crippen molar-refractivity contribution in [3.63, 3.8) is 0 Å². The van der Waals surface area contributed by atoms with Crippen molar-refractivity contribution in [3.8, 4) is 22.6 Å². The summed E-state index contributed by atoms with van der Waals surface area (Å²) in [5.74, 6) is 0.723. The van der Waals surface area contributed by atoms with Crippen molar-refractivity contribution in [1.82, 2.24) is 4.90 Å². The first kappa shape index (κ1) is 19.4. The van der Waals surface area contributed by atoms with E-state index in [1.54, 1.807) is 26.4 Å². The molecule has 1 fully saturated rings. The van der Waals surface area contributed by atoms with Gasteiger partial charge in [0.05, 0.1) is 14.2 Å². The van der Waals surface area contributed by atoms with Gasteiger partial charge in [0.15, 0.2) is 0 Å². The van der Waals surface area contributed by atoms with Gasteiger partial charge in [-0.15, -0.1) is 0 Å². The van der Waals surface area contributed by atoms with Crippen LogP contribution in [0.4, 0.5) is 5.69 Å². The molecule has 1 heterocycles. The number of likely N-dealkylation sites (tertiary alicyclic amines) is 1. The maximum atomic E-state index is 12.3. The van der Waals surface area contributed by atoms with Gasteiger partial charge in [0.1, 0.15) is 11.5 Å². The highest BCUT2D eigenvalue weighted by Crippen LogP contribution is 2.33. The van der Waals surface area contributed by atoms with Gasteiger partial charge in [-0.1, -0.05) is 12.1 Å². The Morgan fingerprint density at radius 3 is 2.29 bits per heavy atom. The fourth-order valence-corrected chi connectivity index (χ4v) is 3.09. The third kappa shape index (κ3) is 4.31. The zero-order valence-electron chi connectivity index (χ0n) is 15.9. The molecule has 0 unspecified atom stereocenters. The Labute approximate surface area is 163 Å². The van der Waals surface area contributed by atoms with E-state index in [1.165, 1.54) is 0 Å². The van der Waals surface area contributed by atoms with E-state index >= 15 is 0 Å². The number of imide groups is 1. The van der Waals surface area contributed by atoms with Gasteiger partial charge in [-0.2, -0.15) is 0 Å². The molecule has 3 amide bonds. The van der Waals surface area contributed by atoms with Crippen LogP contribution in [0.15, 0.2) is 42.5 Å². The number of benzene rings is 2. The van der Waals surface area contributed by atoms with Crippen molar-refractivity contribution in [1.29, 1.82) is 0 Å². The van der Waals surface area contributed by atoms with Crippen LogP contribution in [0.2, 0.25) is 0 Å². The summed E-state index contributed by atoms with van der Waals surface area (Å²) in [7, 11) is 3.19. The first-order valence-electron chi connectivity index (χ1n) is 8.97. The molecule has 1 N–H and O–H groups in total. The monoisotopic (exact) mass is 382 g/mol. The molecule has 0 aliphatic carbocycles. The maximum absolute atomic E-state index is 12.3. The molecule has 0 radical (unpaired) electrons. The molecule has 146 valence electrons. The Morgan fingerprint density at radius 1 is 1.00 bits per heavy atom. The smallest absolute Gasteiger partial charge is 0.229 e. The van der Waals surface area contributed by atoms with Gasteiger partial charge < -0.3 is 14.8 Å². The summed E-state index contributed by atoms with van der Waals surface area (Å²) in [6, 6.07) is 12.9. The summed E-state index contributed by atoms with van der Waals surface area (Å²) in [6.45, 7) is 0.102. The average Bonchev–Trinajstić information content (AvgIpc) is 3.04. The van der Waals surface area contributed by atoms with E-state index in [0.717, 1.165) is 21.8 Å². The Kier molecular flexibility index (Phi) is 5.93. The summed E-state index contributed by atoms with van der Waals surface area (Å²) in [4.78, 5) is 36.7. The quantitative estimate of drug-likeness (QED) is 0.745. The Hall–Kier alpha value is -3.35. The Bertz CT molecular complexity index is 876. The fraction of sp³-hybridized carbons (Fsp3) is 0.286. The van der Waals surface area contributed by atoms with Gasteiger partial charge >= 0.3 is 0 Å². The molecule has 7 nitrogen and oxygen atoms in total. The number of nitrogens with zero attached hydrogens (tertiary/aromatic N) is 1. The van der Waals surface area contributed by atoms with Crippen molar-refractivity contribution >= 4 is 23.4 Å². The highest BCUT2D eigenvalue weighted by molar-refractivity contribution is 6.02. The molecule has 1 saturated heterocycles. The average molecular weight is 382 g/mol. The van der Waals surface area contributed by atoms with Crippen LogP contribution in [0.3, 0.4) is 0 Å². The molecule has 0 saturated carbocycles. The lowest BCUT2D eigenvalue weighted by molar-refractivity contribution is -0.138. The lowest BCUT2D eigenvalue weighted by Gasteiger charge is -2.14. The van der Waals surface area contributed by atoms with Crippen molar-refractivity contribution in [3.05, 3.63) is 42.5 Å². The summed E-state index contributed by atoms with van der Waals surface area (Å²) in [5.41, 5.74) is 2.35. The normalized spacial score (nSPS) is 13.6. The standard InChI is InChI=1S/C21H22N2O5/c1-27-16-6-3-14(4-7-16)17-13-15(5-8-18(17)28-2)22-19(24)11-12-23-20(25)9-10-21(23)26/h3-8,13H,9-12H2,1-2H3,(H,22,24). The molecule has 3 rings (SSSR count). The molecule has 0 aromatic heterocycles. The maximum Gasteiger partial charge on any atom is 0.229 e. The first-order chi connectivity index (χ1) is 13.5. The Morgan fingerprint density at radius 2 is 1.68 bits per heavy atom. The van der Waals surface area contributed by atoms with E-state index in [2.05, 4.69) is 5.32 Å². The number of hydrogen-bond donors (Lipinski definition) is 1. The van der Waals surface area contributed by atoms with E-state index in [0.29, 0.717) is 11.4 Å². The summed E-state index contributed by atoms with van der Waals surface area (Å²) in [5, 5.41) is 2.81. The number of carbonyl (C=O) groups is 3. The zero-order valence-corrected chi connectivity index (χ0v) is 15.9. The van der Waals surface area contributed by atoms with Crippen LogP contribution >= 0.6 is 0 Å². The van der Waals surface area contributed by atoms with Crippen LogP contribution < -0.4 is 14.8 Å². The van der Waals surface area contributed by atoms with E-state index in [1.807, 2.05) is 30.3 Å². The van der Waals surface area contributed by atoms with Crippen LogP contribution in [-0.4, -0.2) is 43.4 Å². The van der Waals surface area contributed by atoms with Crippen molar-refractivity contribution in [2.45, 2.75) is 19.3 Å². The first-order valence-corrected chi connectivity index (χ1v) is 8.97. The number of rotatable bonds is 7. The van der Waals surface area contributed by atoms with Gasteiger partial charge in [0.25, 0.3) is 0 Å². The van der Waals surface area contributed by atoms with Gasteiger partial charge in [0.2, 0.25) is 17.7 Å². The van der Waals surface area contributed by atoms with Gasteiger partial charge in [0, 0.05) is 37.1 Å². The molecular weight excluding hydrogens is 360 g/mol. The highest BCUT2D eigenvalue weighted by Gasteiger charge is 2.28. The largest absolute Gasteiger partial charge is 0.497 e. The number of carbonyl (C=O) groups excluding carboxylic acids is 3. The summed E-state index contributed by atoms with van der Waals surface area (Å²) in [6.07, 6.45) is 0.510. The van der Waals surface area contributed by atoms with E-state index in [4.69, 9.17) is 9.47 Å². The minimum absolute atomic E-state index is 0.0569. The number of hydrogen-bond acceptors (Lipinski definition) is 5. The molecule has 0 atom stereocenters. The highest BCUT2D eigenvalue weighted by atomic mass is 16.5. The summed E-state index contributed by atoms with van der Waals surface area (Å²) >= 11 is 0. The number of anilines is 1. The second kappa shape index (κ2) is 8.56. The number of nitrogens with one attached hydrogen (secondary N) is 1. The zero-order chi connectivity index (χ0) is 20.1. The molecular formula is C21H22N2O5. The van der Waals surface area contributed by atoms with Crippen molar-refractivity contribution < 1.29 is 23.9 Å². The predicted octanol–water partition coefficient (Wildman–Crippen LogP) is 2.85. The number of amides is 3. The SMILES string of the molecule is COc1ccc(-c2cc(NC(=O)CCN3C(=O)CCC3=O)ccc2OC)cc1.